The van der Waals surface area contributed by atoms with Crippen LogP contribution < -0.4 is 9.47 Å². The van der Waals surface area contributed by atoms with Gasteiger partial charge in [0.25, 0.3) is 0 Å². The van der Waals surface area contributed by atoms with Gasteiger partial charge in [-0.05, 0) is 18.6 Å². The highest BCUT2D eigenvalue weighted by atomic mass is 16.5. The van der Waals surface area contributed by atoms with Crippen molar-refractivity contribution in [3.05, 3.63) is 17.7 Å². The second-order valence-corrected chi connectivity index (χ2v) is 3.54. The van der Waals surface area contributed by atoms with Crippen molar-refractivity contribution in [3.63, 3.8) is 0 Å². The van der Waals surface area contributed by atoms with E-state index >= 15 is 0 Å². The Hall–Kier alpha value is -2.24. The van der Waals surface area contributed by atoms with E-state index in [0.717, 1.165) is 6.42 Å². The zero-order valence-corrected chi connectivity index (χ0v) is 11.2. The van der Waals surface area contributed by atoms with Crippen LogP contribution in [-0.4, -0.2) is 36.7 Å². The van der Waals surface area contributed by atoms with Crippen molar-refractivity contribution < 1.29 is 29.3 Å². The quantitative estimate of drug-likeness (QED) is 0.796. The van der Waals surface area contributed by atoms with E-state index in [1.54, 1.807) is 0 Å². The molecular weight excluding hydrogens is 252 g/mol. The molecule has 0 saturated carbocycles. The molecule has 19 heavy (non-hydrogen) atoms. The summed E-state index contributed by atoms with van der Waals surface area (Å²) in [7, 11) is 2.81. The summed E-state index contributed by atoms with van der Waals surface area (Å²) < 4.78 is 9.68. The topological polar surface area (TPSA) is 93.1 Å². The Balaban J connectivity index is 0.000000459. The smallest absolute Gasteiger partial charge is 0.303 e. The Kier molecular flexibility index (Phi) is 7.76. The molecule has 0 amide bonds. The Morgan fingerprint density at radius 1 is 1.26 bits per heavy atom. The number of carbonyl (C=O) groups is 2. The van der Waals surface area contributed by atoms with Gasteiger partial charge in [0.2, 0.25) is 5.75 Å². The normalized spacial score (nSPS) is 9.00. The van der Waals surface area contributed by atoms with Crippen LogP contribution in [0.5, 0.6) is 17.2 Å². The molecule has 0 heterocycles. The third kappa shape index (κ3) is 5.76. The van der Waals surface area contributed by atoms with Gasteiger partial charge in [-0.2, -0.15) is 0 Å². The van der Waals surface area contributed by atoms with Crippen molar-refractivity contribution in [1.29, 1.82) is 0 Å². The van der Waals surface area contributed by atoms with Crippen LogP contribution >= 0.6 is 0 Å². The molecule has 0 aromatic heterocycles. The number of aromatic hydroxyl groups is 1. The molecule has 6 heteroatoms. The lowest BCUT2D eigenvalue weighted by atomic mass is 10.2. The van der Waals surface area contributed by atoms with E-state index in [2.05, 4.69) is 0 Å². The van der Waals surface area contributed by atoms with Gasteiger partial charge >= 0.3 is 5.97 Å². The van der Waals surface area contributed by atoms with Gasteiger partial charge in [0.05, 0.1) is 14.2 Å². The summed E-state index contributed by atoms with van der Waals surface area (Å²) in [5.74, 6) is -0.365. The van der Waals surface area contributed by atoms with E-state index in [1.807, 2.05) is 6.92 Å². The molecule has 0 bridgehead atoms. The molecule has 0 radical (unpaired) electrons. The number of carboxylic acids is 1. The van der Waals surface area contributed by atoms with Crippen LogP contribution in [0.3, 0.4) is 0 Å². The third-order valence-electron chi connectivity index (χ3n) is 2.10. The molecule has 0 aliphatic carbocycles. The minimum atomic E-state index is -0.711. The van der Waals surface area contributed by atoms with E-state index in [1.165, 1.54) is 26.4 Å². The number of hydrogen-bond acceptors (Lipinski definition) is 5. The fourth-order valence-corrected chi connectivity index (χ4v) is 1.20. The van der Waals surface area contributed by atoms with Gasteiger partial charge < -0.3 is 19.7 Å². The molecule has 1 aromatic carbocycles. The number of hydrogen-bond donors (Lipinski definition) is 2. The number of phenolic OH excluding ortho intramolecular Hbond substituents is 1. The van der Waals surface area contributed by atoms with E-state index in [4.69, 9.17) is 14.6 Å². The first-order chi connectivity index (χ1) is 8.99. The molecule has 0 spiro atoms. The van der Waals surface area contributed by atoms with Crippen LogP contribution in [0.4, 0.5) is 0 Å². The van der Waals surface area contributed by atoms with Crippen molar-refractivity contribution in [3.8, 4) is 17.2 Å². The molecule has 0 unspecified atom stereocenters. The van der Waals surface area contributed by atoms with Crippen LogP contribution in [0.2, 0.25) is 0 Å². The van der Waals surface area contributed by atoms with Gasteiger partial charge in [-0.3, -0.25) is 9.59 Å². The average molecular weight is 270 g/mol. The van der Waals surface area contributed by atoms with E-state index in [9.17, 15) is 14.7 Å². The predicted octanol–water partition coefficient (Wildman–Crippen LogP) is 2.09. The lowest BCUT2D eigenvalue weighted by Gasteiger charge is -2.08. The number of rotatable bonds is 5. The lowest BCUT2D eigenvalue weighted by molar-refractivity contribution is -0.137. The molecule has 0 fully saturated rings. The van der Waals surface area contributed by atoms with Crippen molar-refractivity contribution in [2.24, 2.45) is 0 Å². The van der Waals surface area contributed by atoms with E-state index < -0.39 is 5.97 Å². The van der Waals surface area contributed by atoms with Gasteiger partial charge in [0.1, 0.15) is 6.29 Å². The minimum absolute atomic E-state index is 0.101. The summed E-state index contributed by atoms with van der Waals surface area (Å²) in [6.07, 6.45) is 1.68. The van der Waals surface area contributed by atoms with Gasteiger partial charge in [-0.1, -0.05) is 6.92 Å². The fourth-order valence-electron chi connectivity index (χ4n) is 1.20. The standard InChI is InChI=1S/C9H10O4.C4H8O2/c1-12-7-3-6(5-10)4-8(13-2)9(7)11;1-2-3-4(5)6/h3-5,11H,1-2H3;2-3H2,1H3,(H,5,6). The highest BCUT2D eigenvalue weighted by molar-refractivity contribution is 5.78. The Bertz CT molecular complexity index is 402. The Morgan fingerprint density at radius 3 is 1.95 bits per heavy atom. The van der Waals surface area contributed by atoms with Gasteiger partial charge in [-0.25, -0.2) is 0 Å². The van der Waals surface area contributed by atoms with Crippen molar-refractivity contribution in [1.82, 2.24) is 0 Å². The van der Waals surface area contributed by atoms with E-state index in [0.29, 0.717) is 18.3 Å². The first-order valence-electron chi connectivity index (χ1n) is 5.62. The molecule has 0 saturated heterocycles. The number of carbonyl (C=O) groups excluding carboxylic acids is 1. The van der Waals surface area contributed by atoms with Gasteiger partial charge in [-0.15, -0.1) is 0 Å². The molecule has 0 aliphatic rings. The zero-order chi connectivity index (χ0) is 14.8. The summed E-state index contributed by atoms with van der Waals surface area (Å²) in [6.45, 7) is 1.84. The highest BCUT2D eigenvalue weighted by Gasteiger charge is 2.10. The van der Waals surface area contributed by atoms with Crippen molar-refractivity contribution in [2.75, 3.05) is 14.2 Å². The Labute approximate surface area is 111 Å². The maximum Gasteiger partial charge on any atom is 0.303 e. The van der Waals surface area contributed by atoms with Crippen LogP contribution in [-0.2, 0) is 4.79 Å². The van der Waals surface area contributed by atoms with E-state index in [-0.39, 0.29) is 17.2 Å². The monoisotopic (exact) mass is 270 g/mol. The van der Waals surface area contributed by atoms with Crippen LogP contribution in [0, 0.1) is 0 Å². The van der Waals surface area contributed by atoms with Crippen LogP contribution in [0.25, 0.3) is 0 Å². The first kappa shape index (κ1) is 16.8. The number of ether oxygens (including phenoxy) is 2. The number of phenols is 1. The summed E-state index contributed by atoms with van der Waals surface area (Å²) in [5.41, 5.74) is 0.395. The molecule has 2 N–H and O–H groups in total. The average Bonchev–Trinajstić information content (AvgIpc) is 2.39. The molecule has 1 aromatic rings. The zero-order valence-electron chi connectivity index (χ0n) is 11.2. The maximum atomic E-state index is 10.5. The van der Waals surface area contributed by atoms with Gasteiger partial charge in [0.15, 0.2) is 11.5 Å². The second kappa shape index (κ2) is 8.79. The lowest BCUT2D eigenvalue weighted by Crippen LogP contribution is -1.91. The molecule has 0 aliphatic heterocycles. The first-order valence-corrected chi connectivity index (χ1v) is 5.62. The highest BCUT2D eigenvalue weighted by Crippen LogP contribution is 2.36. The fraction of sp³-hybridized carbons (Fsp3) is 0.385. The summed E-state index contributed by atoms with van der Waals surface area (Å²) in [4.78, 5) is 20.1. The number of carboxylic acid groups (broad SMARTS) is 1. The maximum absolute atomic E-state index is 10.5. The van der Waals surface area contributed by atoms with Gasteiger partial charge in [0, 0.05) is 12.0 Å². The van der Waals surface area contributed by atoms with Crippen molar-refractivity contribution in [2.45, 2.75) is 19.8 Å². The van der Waals surface area contributed by atoms with Crippen molar-refractivity contribution >= 4 is 12.3 Å². The largest absolute Gasteiger partial charge is 0.502 e. The number of benzene rings is 1. The molecular formula is C13H18O6. The molecule has 106 valence electrons. The van der Waals surface area contributed by atoms with Crippen LogP contribution in [0.15, 0.2) is 12.1 Å². The predicted molar refractivity (Wildman–Crippen MR) is 69.1 cm³/mol. The minimum Gasteiger partial charge on any atom is -0.502 e. The molecule has 0 atom stereocenters. The second-order valence-electron chi connectivity index (χ2n) is 3.54. The summed E-state index contributed by atoms with van der Waals surface area (Å²) >= 11 is 0. The molecule has 1 rings (SSSR count). The number of methoxy groups -OCH3 is 2. The summed E-state index contributed by atoms with van der Waals surface area (Å²) in [6, 6.07) is 2.87. The van der Waals surface area contributed by atoms with Crippen LogP contribution in [0.1, 0.15) is 30.1 Å². The Morgan fingerprint density at radius 2 is 1.74 bits per heavy atom. The number of aldehydes is 1. The summed E-state index contributed by atoms with van der Waals surface area (Å²) in [5, 5.41) is 17.4. The SMILES string of the molecule is CCCC(=O)O.COc1cc(C=O)cc(OC)c1O. The molecule has 6 nitrogen and oxygen atoms in total. The number of aliphatic carboxylic acids is 1. The third-order valence-corrected chi connectivity index (χ3v) is 2.10.